The van der Waals surface area contributed by atoms with Crippen molar-refractivity contribution in [1.82, 2.24) is 4.57 Å². The van der Waals surface area contributed by atoms with E-state index in [2.05, 4.69) is 23.6 Å². The van der Waals surface area contributed by atoms with Gasteiger partial charge in [0.1, 0.15) is 5.71 Å². The Bertz CT molecular complexity index is 1860. The summed E-state index contributed by atoms with van der Waals surface area (Å²) in [7, 11) is 0. The number of carbonyl (C=O) groups excluding carboxylic acids is 3. The Labute approximate surface area is 272 Å². The van der Waals surface area contributed by atoms with Crippen LogP contribution in [-0.4, -0.2) is 33.6 Å². The normalized spacial score (nSPS) is 11.7. The average Bonchev–Trinajstić information content (AvgIpc) is 3.39. The lowest BCUT2D eigenvalue weighted by Crippen LogP contribution is -2.17. The van der Waals surface area contributed by atoms with Gasteiger partial charge in [0.2, 0.25) is 5.78 Å². The lowest BCUT2D eigenvalue weighted by atomic mass is 9.99. The number of nitrogens with zero attached hydrogens (tertiary/aromatic N) is 2. The first-order valence-corrected chi connectivity index (χ1v) is 16.6. The van der Waals surface area contributed by atoms with Gasteiger partial charge in [-0.25, -0.2) is 4.79 Å². The molecule has 5 aromatic rings. The second kappa shape index (κ2) is 15.2. The van der Waals surface area contributed by atoms with Crippen molar-refractivity contribution in [1.29, 1.82) is 0 Å². The third-order valence-corrected chi connectivity index (χ3v) is 8.93. The zero-order valence-electron chi connectivity index (χ0n) is 25.4. The maximum Gasteiger partial charge on any atom is 0.335 e. The van der Waals surface area contributed by atoms with Gasteiger partial charge in [-0.1, -0.05) is 66.9 Å². The second-order valence-electron chi connectivity index (χ2n) is 10.7. The summed E-state index contributed by atoms with van der Waals surface area (Å²) in [5.74, 6) is -0.252. The molecule has 1 aromatic heterocycles. The molecule has 0 fully saturated rings. The van der Waals surface area contributed by atoms with Crippen molar-refractivity contribution in [2.24, 2.45) is 5.16 Å². The van der Waals surface area contributed by atoms with Gasteiger partial charge in [-0.2, -0.15) is 0 Å². The Morgan fingerprint density at radius 2 is 1.44 bits per heavy atom. The van der Waals surface area contributed by atoms with E-state index in [0.717, 1.165) is 46.1 Å². The molecule has 6 nitrogen and oxygen atoms in total. The van der Waals surface area contributed by atoms with Gasteiger partial charge in [-0.3, -0.25) is 9.59 Å². The van der Waals surface area contributed by atoms with Crippen LogP contribution in [0.1, 0.15) is 72.2 Å². The molecule has 45 heavy (non-hydrogen) atoms. The smallest absolute Gasteiger partial charge is 0.335 e. The molecule has 0 saturated heterocycles. The van der Waals surface area contributed by atoms with Gasteiger partial charge in [0.25, 0.3) is 0 Å². The van der Waals surface area contributed by atoms with Crippen LogP contribution in [0.25, 0.3) is 21.8 Å². The van der Waals surface area contributed by atoms with Gasteiger partial charge in [0.15, 0.2) is 5.78 Å². The highest BCUT2D eigenvalue weighted by Crippen LogP contribution is 2.32. The molecule has 0 unspecified atom stereocenters. The van der Waals surface area contributed by atoms with Gasteiger partial charge in [-0.15, -0.1) is 11.8 Å². The molecule has 0 amide bonds. The number of aromatic nitrogens is 1. The van der Waals surface area contributed by atoms with E-state index in [0.29, 0.717) is 40.3 Å². The van der Waals surface area contributed by atoms with Crippen molar-refractivity contribution in [3.8, 4) is 0 Å². The third-order valence-electron chi connectivity index (χ3n) is 7.67. The molecule has 0 spiro atoms. The topological polar surface area (TPSA) is 77.7 Å². The Morgan fingerprint density at radius 3 is 2.11 bits per heavy atom. The molecule has 5 rings (SSSR count). The fourth-order valence-electron chi connectivity index (χ4n) is 5.32. The van der Waals surface area contributed by atoms with Gasteiger partial charge in [0.05, 0.1) is 0 Å². The first-order valence-electron chi connectivity index (χ1n) is 15.2. The molecular formula is C37H35ClN2O4S. The molecule has 230 valence electrons. The Hall–Kier alpha value is -4.20. The zero-order chi connectivity index (χ0) is 31.8. The molecule has 8 heteroatoms. The number of thioether (sulfide) groups is 1. The van der Waals surface area contributed by atoms with Crippen LogP contribution < -0.4 is 0 Å². The van der Waals surface area contributed by atoms with E-state index in [4.69, 9.17) is 16.4 Å². The van der Waals surface area contributed by atoms with E-state index in [1.165, 1.54) is 0 Å². The van der Waals surface area contributed by atoms with Crippen LogP contribution in [0, 0.1) is 0 Å². The van der Waals surface area contributed by atoms with Crippen molar-refractivity contribution >= 4 is 68.4 Å². The molecule has 0 saturated carbocycles. The number of fused-ring (bicyclic) bond motifs is 3. The number of unbranched alkanes of at least 4 members (excludes halogenated alkanes) is 2. The van der Waals surface area contributed by atoms with Gasteiger partial charge in [-0.05, 0) is 74.0 Å². The number of hydrogen-bond acceptors (Lipinski definition) is 6. The fourth-order valence-corrected chi connectivity index (χ4v) is 6.30. The molecule has 0 aliphatic carbocycles. The van der Waals surface area contributed by atoms with Crippen molar-refractivity contribution in [2.75, 3.05) is 5.75 Å². The van der Waals surface area contributed by atoms with Crippen LogP contribution in [0.4, 0.5) is 0 Å². The minimum Gasteiger partial charge on any atom is -0.341 e. The quantitative estimate of drug-likeness (QED) is 0.0302. The SMILES string of the molecule is CCCCCC(=O)ON=C(CCSc1ccc(Cl)cc1)C(=O)c1ccc2c(c1)c1cc(C(=O)c3ccccc3)ccc1n2CC. The summed E-state index contributed by atoms with van der Waals surface area (Å²) in [6.07, 6.45) is 3.19. The van der Waals surface area contributed by atoms with E-state index in [-0.39, 0.29) is 23.7 Å². The summed E-state index contributed by atoms with van der Waals surface area (Å²) in [6.45, 7) is 4.86. The maximum atomic E-state index is 13.9. The maximum absolute atomic E-state index is 13.9. The molecule has 0 radical (unpaired) electrons. The second-order valence-corrected chi connectivity index (χ2v) is 12.3. The summed E-state index contributed by atoms with van der Waals surface area (Å²) < 4.78 is 2.17. The standard InChI is InChI=1S/C37H35ClN2O4S/c1-3-5-7-12-35(41)44-39-32(21-22-45-29-17-15-28(38)16-18-29)37(43)27-14-20-34-31(24-27)30-23-26(13-19-33(30)40(34)4-2)36(42)25-10-8-6-9-11-25/h6,8-11,13-20,23-24H,3-5,7,12,21-22H2,1-2H3. The third kappa shape index (κ3) is 7.72. The molecule has 0 N–H and O–H groups in total. The van der Waals surface area contributed by atoms with Gasteiger partial charge in [0, 0.05) is 73.6 Å². The summed E-state index contributed by atoms with van der Waals surface area (Å²) in [5.41, 5.74) is 3.77. The van der Waals surface area contributed by atoms with Crippen LogP contribution >= 0.6 is 23.4 Å². The molecule has 0 bridgehead atoms. The zero-order valence-corrected chi connectivity index (χ0v) is 27.0. The highest BCUT2D eigenvalue weighted by molar-refractivity contribution is 7.99. The van der Waals surface area contributed by atoms with E-state index < -0.39 is 5.97 Å². The molecular weight excluding hydrogens is 604 g/mol. The largest absolute Gasteiger partial charge is 0.341 e. The predicted octanol–water partition coefficient (Wildman–Crippen LogP) is 9.54. The predicted molar refractivity (Wildman–Crippen MR) is 184 cm³/mol. The molecule has 1 heterocycles. The molecule has 4 aromatic carbocycles. The van der Waals surface area contributed by atoms with Crippen LogP contribution in [0.5, 0.6) is 0 Å². The van der Waals surface area contributed by atoms with Crippen LogP contribution in [-0.2, 0) is 16.2 Å². The summed E-state index contributed by atoms with van der Waals surface area (Å²) in [5, 5.41) is 6.51. The Balaban J connectivity index is 1.46. The highest BCUT2D eigenvalue weighted by atomic mass is 35.5. The lowest BCUT2D eigenvalue weighted by Gasteiger charge is -2.08. The lowest BCUT2D eigenvalue weighted by molar-refractivity contribution is -0.143. The van der Waals surface area contributed by atoms with Crippen molar-refractivity contribution in [3.63, 3.8) is 0 Å². The monoisotopic (exact) mass is 638 g/mol. The number of carbonyl (C=O) groups is 3. The van der Waals surface area contributed by atoms with Crippen LogP contribution in [0.2, 0.25) is 5.02 Å². The van der Waals surface area contributed by atoms with Crippen LogP contribution in [0.3, 0.4) is 0 Å². The minimum absolute atomic E-state index is 0.0597. The van der Waals surface area contributed by atoms with Crippen molar-refractivity contribution in [3.05, 3.63) is 113 Å². The number of halogens is 1. The van der Waals surface area contributed by atoms with E-state index in [1.807, 2.05) is 72.8 Å². The first-order chi connectivity index (χ1) is 21.9. The van der Waals surface area contributed by atoms with Crippen molar-refractivity contribution in [2.45, 2.75) is 57.4 Å². The number of ketones is 2. The number of aryl methyl sites for hydroxylation is 1. The fraction of sp³-hybridized carbons (Fsp3) is 0.243. The van der Waals surface area contributed by atoms with Crippen LogP contribution in [0.15, 0.2) is 101 Å². The number of oxime groups is 1. The highest BCUT2D eigenvalue weighted by Gasteiger charge is 2.20. The summed E-state index contributed by atoms with van der Waals surface area (Å²) >= 11 is 7.59. The van der Waals surface area contributed by atoms with Crippen molar-refractivity contribution < 1.29 is 19.2 Å². The number of hydrogen-bond donors (Lipinski definition) is 0. The molecule has 0 aliphatic heterocycles. The van der Waals surface area contributed by atoms with E-state index >= 15 is 0 Å². The minimum atomic E-state index is -0.448. The van der Waals surface area contributed by atoms with E-state index in [9.17, 15) is 14.4 Å². The first kappa shape index (κ1) is 32.2. The summed E-state index contributed by atoms with van der Waals surface area (Å²) in [6, 6.07) is 28.0. The van der Waals surface area contributed by atoms with E-state index in [1.54, 1.807) is 30.0 Å². The number of rotatable bonds is 14. The van der Waals surface area contributed by atoms with Gasteiger partial charge >= 0.3 is 5.97 Å². The Kier molecular flexibility index (Phi) is 10.9. The summed E-state index contributed by atoms with van der Waals surface area (Å²) in [4.78, 5) is 45.8. The molecule has 0 aliphatic rings. The Morgan fingerprint density at radius 1 is 0.778 bits per heavy atom. The number of Topliss-reactive ketones (excluding diaryl/α,β-unsaturated/α-hetero) is 1. The molecule has 0 atom stereocenters. The van der Waals surface area contributed by atoms with Gasteiger partial charge < -0.3 is 9.40 Å². The average molecular weight is 639 g/mol. The number of benzene rings is 4.